The molecule has 0 aliphatic rings. The summed E-state index contributed by atoms with van der Waals surface area (Å²) in [7, 11) is 0. The van der Waals surface area contributed by atoms with E-state index in [1.165, 1.54) is 0 Å². The van der Waals surface area contributed by atoms with Gasteiger partial charge in [0.15, 0.2) is 0 Å². The first-order valence-corrected chi connectivity index (χ1v) is 0. The van der Waals surface area contributed by atoms with Gasteiger partial charge < -0.3 is 0 Å². The van der Waals surface area contributed by atoms with Gasteiger partial charge in [0.05, 0.1) is 8.41 Å². The maximum atomic E-state index is 0. The topological polar surface area (TPSA) is 0 Å². The zero-order valence-electron chi connectivity index (χ0n) is 5.48. The number of rotatable bonds is 0. The molecule has 0 spiro atoms. The van der Waals surface area contributed by atoms with Crippen molar-refractivity contribution in [2.75, 3.05) is 0 Å². The normalized spacial score (nSPS) is 0. The molecule has 0 N–H and O–H groups in total. The Kier molecular flexibility index (Phi) is 772. The fraction of sp³-hybridized carbons (Fsp3) is 0. The van der Waals surface area contributed by atoms with Gasteiger partial charge in [-0.3, -0.25) is 0 Å². The molecule has 0 unspecified atom stereocenters. The molecule has 0 amide bonds. The molecule has 0 saturated carbocycles. The van der Waals surface area contributed by atoms with E-state index >= 15 is 0 Å². The van der Waals surface area contributed by atoms with Gasteiger partial charge in [0, 0.05) is 264 Å². The van der Waals surface area contributed by atoms with Gasteiger partial charge in [-0.15, -0.1) is 0 Å². The van der Waals surface area contributed by atoms with Crippen molar-refractivity contribution in [3.05, 3.63) is 0 Å². The molecule has 13 heavy (non-hydrogen) atoms. The summed E-state index contributed by atoms with van der Waals surface area (Å²) in [6.45, 7) is 0. The van der Waals surface area contributed by atoms with Crippen LogP contribution in [0.4, 0.5) is 0 Å². The van der Waals surface area contributed by atoms with E-state index in [1.807, 2.05) is 0 Å². The van der Waals surface area contributed by atoms with Crippen molar-refractivity contribution < 1.29 is 186 Å². The molecule has 0 nitrogen and oxygen atoms in total. The first kappa shape index (κ1) is 107. The molecular weight excluding hydrogens is 1570 g/mol. The molecular formula is H4BBiHfLaNbRbReSbTaTiTlVZn. The zero-order chi connectivity index (χ0) is 0. The third-order valence-electron chi connectivity index (χ3n) is 0. The average molecular weight is 1580 g/mol. The average Bonchev–Trinajstić information content (AvgIpc) is 0. The van der Waals surface area contributed by atoms with Crippen LogP contribution in [0.1, 0.15) is 0 Å². The molecule has 12 radical (unpaired) electrons. The Balaban J connectivity index is 0. The number of hydrogen-bond donors (Lipinski definition) is 0. The minimum absolute atomic E-state index is 0. The van der Waals surface area contributed by atoms with Gasteiger partial charge in [0.25, 0.3) is 0 Å². The van der Waals surface area contributed by atoms with Crippen LogP contribution in [-0.2, 0) is 151 Å². The van der Waals surface area contributed by atoms with Crippen LogP contribution in [0.25, 0.3) is 0 Å². The Morgan fingerprint density at radius 3 is 1.00 bits per heavy atom. The van der Waals surface area contributed by atoms with Gasteiger partial charge in [-0.05, 0) is 0 Å². The molecule has 0 aromatic carbocycles. The summed E-state index contributed by atoms with van der Waals surface area (Å²) in [6.07, 6.45) is 0. The van der Waals surface area contributed by atoms with E-state index in [2.05, 4.69) is 0 Å². The molecule has 0 aliphatic carbocycles. The summed E-state index contributed by atoms with van der Waals surface area (Å²) in [6, 6.07) is 0. The second kappa shape index (κ2) is 93.7. The Morgan fingerprint density at radius 2 is 1.00 bits per heavy atom. The van der Waals surface area contributed by atoms with Crippen molar-refractivity contribution in [3.8, 4) is 0 Å². The molecule has 0 fully saturated rings. The van der Waals surface area contributed by atoms with Crippen molar-refractivity contribution in [3.63, 3.8) is 0 Å². The van der Waals surface area contributed by atoms with Gasteiger partial charge in [-0.2, -0.15) is 0 Å². The van der Waals surface area contributed by atoms with Crippen LogP contribution in [-0.4, -0.2) is 145 Å². The monoisotopic (exact) mass is 1580 g/mol. The van der Waals surface area contributed by atoms with Gasteiger partial charge >= 0.3 is 58.2 Å². The second-order valence-corrected chi connectivity index (χ2v) is 0. The fourth-order valence-corrected chi connectivity index (χ4v) is 0. The molecule has 0 saturated heterocycles. The molecule has 0 bridgehead atoms. The van der Waals surface area contributed by atoms with E-state index in [9.17, 15) is 0 Å². The second-order valence-electron chi connectivity index (χ2n) is 0. The van der Waals surface area contributed by atoms with E-state index in [1.54, 1.807) is 0 Å². The maximum Gasteiger partial charge on any atom is 0 e. The van der Waals surface area contributed by atoms with E-state index in [-0.39, 0.29) is 331 Å². The zero-order valence-corrected chi connectivity index (χ0v) is 37.3. The summed E-state index contributed by atoms with van der Waals surface area (Å²) >= 11 is 0. The first-order chi connectivity index (χ1) is 0. The molecule has 13 heteroatoms. The van der Waals surface area contributed by atoms with E-state index < -0.39 is 0 Å². The molecule has 0 aliphatic heterocycles. The number of hydrogen-bond acceptors (Lipinski definition) is 0. The smallest absolute Gasteiger partial charge is 0 e. The fourth-order valence-electron chi connectivity index (χ4n) is 0. The summed E-state index contributed by atoms with van der Waals surface area (Å²) in [4.78, 5) is 0. The van der Waals surface area contributed by atoms with E-state index in [4.69, 9.17) is 0 Å². The predicted molar refractivity (Wildman–Crippen MR) is 34.4 cm³/mol. The molecule has 0 heterocycles. The third kappa shape index (κ3) is 85.3. The van der Waals surface area contributed by atoms with Crippen LogP contribution in [0.3, 0.4) is 0 Å². The van der Waals surface area contributed by atoms with Crippen LogP contribution in [0.15, 0.2) is 0 Å². The van der Waals surface area contributed by atoms with Gasteiger partial charge in [-0.1, -0.05) is 0 Å². The van der Waals surface area contributed by atoms with Gasteiger partial charge in [0.2, 0.25) is 0 Å². The van der Waals surface area contributed by atoms with Gasteiger partial charge in [-0.25, -0.2) is 0 Å². The van der Waals surface area contributed by atoms with Crippen LogP contribution < -0.4 is 0 Å². The quantitative estimate of drug-likeness (QED) is 0.228. The Morgan fingerprint density at radius 1 is 1.00 bits per heavy atom. The standard InChI is InChI=1S/BH3.Bi.Hf.La.Nb.Rb.Re.Sb.Ta.Ti.Tl.V.Zn.H/h1H3;;;;;;;;;;;;;. The van der Waals surface area contributed by atoms with Crippen LogP contribution >= 0.6 is 0 Å². The van der Waals surface area contributed by atoms with E-state index in [0.717, 1.165) is 0 Å². The van der Waals surface area contributed by atoms with Crippen molar-refractivity contribution in [2.45, 2.75) is 0 Å². The molecule has 0 aromatic heterocycles. The van der Waals surface area contributed by atoms with Crippen molar-refractivity contribution in [1.82, 2.24) is 0 Å². The van der Waals surface area contributed by atoms with E-state index in [0.29, 0.717) is 0 Å². The third-order valence-corrected chi connectivity index (χ3v) is 0. The Hall–Kier alpha value is 10.6. The van der Waals surface area contributed by atoms with Crippen molar-refractivity contribution in [2.24, 2.45) is 0 Å². The van der Waals surface area contributed by atoms with Crippen molar-refractivity contribution in [1.29, 1.82) is 0 Å². The van der Waals surface area contributed by atoms with Crippen LogP contribution in [0.5, 0.6) is 0 Å². The van der Waals surface area contributed by atoms with Crippen LogP contribution in [0, 0.1) is 35.6 Å². The van der Waals surface area contributed by atoms with Gasteiger partial charge in [0.1, 0.15) is 0 Å². The summed E-state index contributed by atoms with van der Waals surface area (Å²) in [5.74, 6) is 0. The summed E-state index contributed by atoms with van der Waals surface area (Å²) in [5.41, 5.74) is 0. The molecule has 0 atom stereocenters. The minimum atomic E-state index is 0. The molecule has 0 rings (SSSR count). The maximum absolute atomic E-state index is 0. The van der Waals surface area contributed by atoms with Crippen LogP contribution in [0.2, 0.25) is 0 Å². The predicted octanol–water partition coefficient (Wildman–Crippen LogP) is -2.99. The largest absolute Gasteiger partial charge is 0 e. The molecule has 56 valence electrons. The molecule has 0 aromatic rings. The Labute approximate surface area is 320 Å². The minimum Gasteiger partial charge on any atom is 0 e. The SMILES string of the molecule is B.[Bi].[Hf].[La].[Nb].[RbH].[Re].[Sb].[Ta].[Ti].[Tl].[V].[Zn]. The summed E-state index contributed by atoms with van der Waals surface area (Å²) in [5, 5.41) is 0. The Bertz CT molecular complexity index is 48.1. The van der Waals surface area contributed by atoms with Crippen molar-refractivity contribution >= 4 is 145 Å². The summed E-state index contributed by atoms with van der Waals surface area (Å²) < 4.78 is 0. The first-order valence-electron chi connectivity index (χ1n) is 0.